The Labute approximate surface area is 162 Å². The van der Waals surface area contributed by atoms with Crippen LogP contribution in [0.15, 0.2) is 42.7 Å². The van der Waals surface area contributed by atoms with Gasteiger partial charge in [-0.2, -0.15) is 0 Å². The normalized spacial score (nSPS) is 10.8. The van der Waals surface area contributed by atoms with Gasteiger partial charge in [0.05, 0.1) is 37.0 Å². The second-order valence-electron chi connectivity index (χ2n) is 5.69. The van der Waals surface area contributed by atoms with Crippen LogP contribution < -0.4 is 15.2 Å². The van der Waals surface area contributed by atoms with Crippen molar-refractivity contribution in [3.05, 3.63) is 64.0 Å². The number of nitrogens with zero attached hydrogens (tertiary/aromatic N) is 2. The molecule has 0 bridgehead atoms. The van der Waals surface area contributed by atoms with Gasteiger partial charge >= 0.3 is 0 Å². The van der Waals surface area contributed by atoms with Crippen LogP contribution in [0.25, 0.3) is 11.3 Å². The van der Waals surface area contributed by atoms with Crippen molar-refractivity contribution in [2.45, 2.75) is 13.1 Å². The van der Waals surface area contributed by atoms with E-state index >= 15 is 0 Å². The first-order valence-electron chi connectivity index (χ1n) is 7.97. The van der Waals surface area contributed by atoms with Gasteiger partial charge in [-0.25, -0.2) is 4.98 Å². The molecular formula is C19H19Cl2N3O2. The standard InChI is InChI=1S/C19H19Cl2N3O2/c1-25-17-6-3-12(7-18(17)26-2)10-24-11-23-19(16(24)9-22)14-5-4-13(20)8-15(14)21/h3-8,11H,9-10,22H2,1-2H3. The smallest absolute Gasteiger partial charge is 0.161 e. The quantitative estimate of drug-likeness (QED) is 0.676. The first-order chi connectivity index (χ1) is 12.6. The summed E-state index contributed by atoms with van der Waals surface area (Å²) in [7, 11) is 3.23. The van der Waals surface area contributed by atoms with E-state index in [4.69, 9.17) is 38.4 Å². The molecule has 2 aromatic carbocycles. The Morgan fingerprint density at radius 2 is 1.81 bits per heavy atom. The van der Waals surface area contributed by atoms with E-state index in [2.05, 4.69) is 4.98 Å². The minimum absolute atomic E-state index is 0.335. The second-order valence-corrected chi connectivity index (χ2v) is 6.53. The molecule has 0 saturated carbocycles. The molecule has 0 aliphatic heterocycles. The lowest BCUT2D eigenvalue weighted by Crippen LogP contribution is -2.09. The summed E-state index contributed by atoms with van der Waals surface area (Å²) in [5.41, 5.74) is 9.50. The number of rotatable bonds is 6. The van der Waals surface area contributed by atoms with Gasteiger partial charge in [-0.05, 0) is 35.9 Å². The summed E-state index contributed by atoms with van der Waals surface area (Å²) in [6, 6.07) is 11.1. The predicted octanol–water partition coefficient (Wildman–Crippen LogP) is 4.38. The van der Waals surface area contributed by atoms with Crippen LogP contribution in [0.3, 0.4) is 0 Å². The Kier molecular flexibility index (Phi) is 5.71. The minimum atomic E-state index is 0.335. The van der Waals surface area contributed by atoms with Crippen molar-refractivity contribution in [2.75, 3.05) is 14.2 Å². The number of halogens is 2. The lowest BCUT2D eigenvalue weighted by atomic mass is 10.1. The second kappa shape index (κ2) is 7.99. The van der Waals surface area contributed by atoms with Crippen molar-refractivity contribution in [1.82, 2.24) is 9.55 Å². The summed E-state index contributed by atoms with van der Waals surface area (Å²) in [5.74, 6) is 1.37. The summed E-state index contributed by atoms with van der Waals surface area (Å²) in [6.45, 7) is 0.937. The van der Waals surface area contributed by atoms with Crippen LogP contribution in [0.4, 0.5) is 0 Å². The highest BCUT2D eigenvalue weighted by molar-refractivity contribution is 6.36. The van der Waals surface area contributed by atoms with Gasteiger partial charge in [0.2, 0.25) is 0 Å². The van der Waals surface area contributed by atoms with Crippen molar-refractivity contribution in [2.24, 2.45) is 5.73 Å². The third-order valence-corrected chi connectivity index (χ3v) is 4.67. The van der Waals surface area contributed by atoms with Crippen LogP contribution in [-0.4, -0.2) is 23.8 Å². The number of imidazole rings is 1. The Bertz CT molecular complexity index is 925. The van der Waals surface area contributed by atoms with Crippen molar-refractivity contribution in [3.63, 3.8) is 0 Å². The molecule has 0 amide bonds. The lowest BCUT2D eigenvalue weighted by Gasteiger charge is -2.12. The summed E-state index contributed by atoms with van der Waals surface area (Å²) in [6.07, 6.45) is 1.76. The van der Waals surface area contributed by atoms with Crippen LogP contribution in [0.2, 0.25) is 10.0 Å². The third-order valence-electron chi connectivity index (χ3n) is 4.13. The first-order valence-corrected chi connectivity index (χ1v) is 8.73. The lowest BCUT2D eigenvalue weighted by molar-refractivity contribution is 0.354. The Morgan fingerprint density at radius 3 is 2.46 bits per heavy atom. The molecule has 0 spiro atoms. The largest absolute Gasteiger partial charge is 0.493 e. The molecular weight excluding hydrogens is 373 g/mol. The fraction of sp³-hybridized carbons (Fsp3) is 0.211. The number of aromatic nitrogens is 2. The Morgan fingerprint density at radius 1 is 1.04 bits per heavy atom. The van der Waals surface area contributed by atoms with E-state index in [-0.39, 0.29) is 0 Å². The highest BCUT2D eigenvalue weighted by Crippen LogP contribution is 2.32. The Hall–Kier alpha value is -2.21. The van der Waals surface area contributed by atoms with Gasteiger partial charge in [0.1, 0.15) is 0 Å². The van der Waals surface area contributed by atoms with Crippen molar-refractivity contribution in [1.29, 1.82) is 0 Å². The van der Waals surface area contributed by atoms with Gasteiger partial charge < -0.3 is 19.8 Å². The summed E-state index contributed by atoms with van der Waals surface area (Å²) < 4.78 is 12.7. The molecule has 1 heterocycles. The van der Waals surface area contributed by atoms with Crippen LogP contribution in [0.5, 0.6) is 11.5 Å². The van der Waals surface area contributed by atoms with Crippen molar-refractivity contribution >= 4 is 23.2 Å². The highest BCUT2D eigenvalue weighted by atomic mass is 35.5. The fourth-order valence-electron chi connectivity index (χ4n) is 2.84. The molecule has 0 aliphatic rings. The fourth-order valence-corrected chi connectivity index (χ4v) is 3.34. The molecule has 0 radical (unpaired) electrons. The summed E-state index contributed by atoms with van der Waals surface area (Å²) >= 11 is 12.3. The highest BCUT2D eigenvalue weighted by Gasteiger charge is 2.15. The number of benzene rings is 2. The number of hydrogen-bond donors (Lipinski definition) is 1. The molecule has 3 rings (SSSR count). The van der Waals surface area contributed by atoms with E-state index in [0.29, 0.717) is 34.6 Å². The molecule has 7 heteroatoms. The van der Waals surface area contributed by atoms with E-state index in [9.17, 15) is 0 Å². The first kappa shape index (κ1) is 18.6. The molecule has 1 aromatic heterocycles. The van der Waals surface area contributed by atoms with Gasteiger partial charge in [-0.1, -0.05) is 29.3 Å². The van der Waals surface area contributed by atoms with Crippen molar-refractivity contribution < 1.29 is 9.47 Å². The molecule has 0 fully saturated rings. The summed E-state index contributed by atoms with van der Waals surface area (Å²) in [4.78, 5) is 4.52. The van der Waals surface area contributed by atoms with Gasteiger partial charge in [0.25, 0.3) is 0 Å². The number of nitrogens with two attached hydrogens (primary N) is 1. The minimum Gasteiger partial charge on any atom is -0.493 e. The number of methoxy groups -OCH3 is 2. The monoisotopic (exact) mass is 391 g/mol. The van der Waals surface area contributed by atoms with Crippen LogP contribution in [-0.2, 0) is 13.1 Å². The zero-order valence-corrected chi connectivity index (χ0v) is 16.0. The molecule has 0 aliphatic carbocycles. The molecule has 26 heavy (non-hydrogen) atoms. The van der Waals surface area contributed by atoms with Crippen molar-refractivity contribution in [3.8, 4) is 22.8 Å². The van der Waals surface area contributed by atoms with Gasteiger partial charge in [-0.3, -0.25) is 0 Å². The van der Waals surface area contributed by atoms with E-state index < -0.39 is 0 Å². The average molecular weight is 392 g/mol. The Balaban J connectivity index is 1.96. The third kappa shape index (κ3) is 3.65. The van der Waals surface area contributed by atoms with Crippen LogP contribution >= 0.6 is 23.2 Å². The van der Waals surface area contributed by atoms with E-state index in [0.717, 1.165) is 22.5 Å². The van der Waals surface area contributed by atoms with E-state index in [1.807, 2.05) is 28.8 Å². The number of ether oxygens (including phenoxy) is 2. The molecule has 0 atom stereocenters. The maximum absolute atomic E-state index is 6.33. The van der Waals surface area contributed by atoms with E-state index in [1.54, 1.807) is 32.7 Å². The van der Waals surface area contributed by atoms with Crippen LogP contribution in [0.1, 0.15) is 11.3 Å². The van der Waals surface area contributed by atoms with Gasteiger partial charge in [0, 0.05) is 23.7 Å². The zero-order chi connectivity index (χ0) is 18.7. The maximum atomic E-state index is 6.33. The molecule has 3 aromatic rings. The molecule has 2 N–H and O–H groups in total. The number of hydrogen-bond acceptors (Lipinski definition) is 4. The molecule has 136 valence electrons. The van der Waals surface area contributed by atoms with E-state index in [1.165, 1.54) is 0 Å². The zero-order valence-electron chi connectivity index (χ0n) is 14.5. The van der Waals surface area contributed by atoms with Crippen LogP contribution in [0, 0.1) is 0 Å². The molecule has 5 nitrogen and oxygen atoms in total. The van der Waals surface area contributed by atoms with Gasteiger partial charge in [0.15, 0.2) is 11.5 Å². The van der Waals surface area contributed by atoms with Gasteiger partial charge in [-0.15, -0.1) is 0 Å². The SMILES string of the molecule is COc1ccc(Cn2cnc(-c3ccc(Cl)cc3Cl)c2CN)cc1OC. The molecule has 0 saturated heterocycles. The maximum Gasteiger partial charge on any atom is 0.161 e. The topological polar surface area (TPSA) is 62.3 Å². The summed E-state index contributed by atoms with van der Waals surface area (Å²) in [5, 5.41) is 1.13. The predicted molar refractivity (Wildman–Crippen MR) is 104 cm³/mol. The molecule has 0 unspecified atom stereocenters. The average Bonchev–Trinajstić information content (AvgIpc) is 3.03.